The van der Waals surface area contributed by atoms with Crippen LogP contribution in [0, 0.1) is 0 Å². The van der Waals surface area contributed by atoms with Crippen LogP contribution in [0.15, 0.2) is 36.4 Å². The fraction of sp³-hybridized carbons (Fsp3) is 0.471. The predicted octanol–water partition coefficient (Wildman–Crippen LogP) is 3.11. The average Bonchev–Trinajstić information content (AvgIpc) is 2.46. The van der Waals surface area contributed by atoms with Crippen LogP contribution in [0.1, 0.15) is 38.4 Å². The number of aromatic nitrogens is 1. The van der Waals surface area contributed by atoms with Crippen LogP contribution in [0.5, 0.6) is 0 Å². The van der Waals surface area contributed by atoms with Crippen LogP contribution in [0.3, 0.4) is 0 Å². The van der Waals surface area contributed by atoms with E-state index >= 15 is 0 Å². The van der Waals surface area contributed by atoms with E-state index in [0.29, 0.717) is 6.04 Å². The Kier molecular flexibility index (Phi) is 3.72. The van der Waals surface area contributed by atoms with Gasteiger partial charge in [0.2, 0.25) is 0 Å². The molecule has 1 aliphatic heterocycles. The molecule has 2 aromatic rings. The maximum atomic E-state index is 6.40. The van der Waals surface area contributed by atoms with Crippen molar-refractivity contribution in [3.63, 3.8) is 0 Å². The van der Waals surface area contributed by atoms with Crippen LogP contribution in [0.2, 0.25) is 0 Å². The quantitative estimate of drug-likeness (QED) is 0.911. The fourth-order valence-electron chi connectivity index (χ4n) is 3.27. The van der Waals surface area contributed by atoms with E-state index in [1.54, 1.807) is 0 Å². The smallest absolute Gasteiger partial charge is 0.0706 e. The van der Waals surface area contributed by atoms with Crippen molar-refractivity contribution < 1.29 is 0 Å². The minimum atomic E-state index is 0.180. The van der Waals surface area contributed by atoms with Gasteiger partial charge in [-0.1, -0.05) is 24.3 Å². The van der Waals surface area contributed by atoms with E-state index in [1.807, 2.05) is 6.07 Å². The molecule has 1 aliphatic rings. The lowest BCUT2D eigenvalue weighted by Crippen LogP contribution is -2.48. The number of benzene rings is 1. The Balaban J connectivity index is 2.02. The second kappa shape index (κ2) is 5.51. The van der Waals surface area contributed by atoms with Gasteiger partial charge in [-0.3, -0.25) is 9.88 Å². The van der Waals surface area contributed by atoms with Gasteiger partial charge in [0, 0.05) is 17.5 Å². The molecule has 0 bridgehead atoms. The largest absolute Gasteiger partial charge is 0.326 e. The first kappa shape index (κ1) is 13.5. The van der Waals surface area contributed by atoms with Crippen molar-refractivity contribution in [2.75, 3.05) is 6.54 Å². The molecule has 1 fully saturated rings. The number of para-hydroxylation sites is 1. The van der Waals surface area contributed by atoms with E-state index in [-0.39, 0.29) is 12.1 Å². The number of piperidine rings is 1. The number of nitrogens with zero attached hydrogens (tertiary/aromatic N) is 2. The van der Waals surface area contributed by atoms with E-state index in [9.17, 15) is 0 Å². The van der Waals surface area contributed by atoms with Crippen molar-refractivity contribution in [3.05, 3.63) is 42.1 Å². The molecule has 0 saturated carbocycles. The minimum Gasteiger partial charge on any atom is -0.326 e. The standard InChI is InChI=1S/C17H23N3/c1-12(2)20-11-5-7-14(18)17(20)16-10-9-13-6-3-4-8-15(13)19-16/h3-4,6,8-10,12,14,17H,5,7,11,18H2,1-2H3. The number of fused-ring (bicyclic) bond motifs is 1. The third-order valence-corrected chi connectivity index (χ3v) is 4.30. The molecule has 3 nitrogen and oxygen atoms in total. The topological polar surface area (TPSA) is 42.1 Å². The zero-order valence-electron chi connectivity index (χ0n) is 12.3. The van der Waals surface area contributed by atoms with Crippen LogP contribution in [-0.2, 0) is 0 Å². The number of hydrogen-bond acceptors (Lipinski definition) is 3. The number of likely N-dealkylation sites (tertiary alicyclic amines) is 1. The van der Waals surface area contributed by atoms with Crippen molar-refractivity contribution >= 4 is 10.9 Å². The van der Waals surface area contributed by atoms with Crippen LogP contribution in [0.4, 0.5) is 0 Å². The maximum Gasteiger partial charge on any atom is 0.0706 e. The molecule has 1 aromatic heterocycles. The van der Waals surface area contributed by atoms with Crippen molar-refractivity contribution in [2.24, 2.45) is 5.73 Å². The molecular weight excluding hydrogens is 246 g/mol. The Morgan fingerprint density at radius 2 is 2.00 bits per heavy atom. The highest BCUT2D eigenvalue weighted by Crippen LogP contribution is 2.31. The van der Waals surface area contributed by atoms with Gasteiger partial charge in [-0.15, -0.1) is 0 Å². The molecule has 2 N–H and O–H groups in total. The molecular formula is C17H23N3. The lowest BCUT2D eigenvalue weighted by Gasteiger charge is -2.42. The highest BCUT2D eigenvalue weighted by molar-refractivity contribution is 5.78. The van der Waals surface area contributed by atoms with E-state index in [4.69, 9.17) is 10.7 Å². The third-order valence-electron chi connectivity index (χ3n) is 4.30. The Morgan fingerprint density at radius 1 is 1.20 bits per heavy atom. The van der Waals surface area contributed by atoms with Crippen LogP contribution in [-0.4, -0.2) is 28.5 Å². The number of pyridine rings is 1. The van der Waals surface area contributed by atoms with E-state index < -0.39 is 0 Å². The lowest BCUT2D eigenvalue weighted by molar-refractivity contribution is 0.0922. The van der Waals surface area contributed by atoms with Crippen LogP contribution < -0.4 is 5.73 Å². The molecule has 2 heterocycles. The van der Waals surface area contributed by atoms with E-state index in [2.05, 4.69) is 49.1 Å². The SMILES string of the molecule is CC(C)N1CCCC(N)C1c1ccc2ccccc2n1. The zero-order chi connectivity index (χ0) is 14.1. The summed E-state index contributed by atoms with van der Waals surface area (Å²) in [5, 5.41) is 1.19. The van der Waals surface area contributed by atoms with Crippen LogP contribution >= 0.6 is 0 Å². The molecule has 1 saturated heterocycles. The van der Waals surface area contributed by atoms with Gasteiger partial charge in [0.05, 0.1) is 17.3 Å². The Bertz CT molecular complexity index is 594. The first-order valence-corrected chi connectivity index (χ1v) is 7.54. The summed E-state index contributed by atoms with van der Waals surface area (Å²) in [6.45, 7) is 5.60. The summed E-state index contributed by atoms with van der Waals surface area (Å²) in [4.78, 5) is 7.35. The molecule has 3 heteroatoms. The number of nitrogens with two attached hydrogens (primary N) is 1. The molecule has 20 heavy (non-hydrogen) atoms. The molecule has 3 rings (SSSR count). The van der Waals surface area contributed by atoms with Gasteiger partial charge in [-0.25, -0.2) is 0 Å². The fourth-order valence-corrected chi connectivity index (χ4v) is 3.27. The summed E-state index contributed by atoms with van der Waals surface area (Å²) in [6.07, 6.45) is 2.27. The van der Waals surface area contributed by atoms with Crippen LogP contribution in [0.25, 0.3) is 10.9 Å². The van der Waals surface area contributed by atoms with Gasteiger partial charge in [-0.05, 0) is 45.4 Å². The van der Waals surface area contributed by atoms with E-state index in [0.717, 1.165) is 24.2 Å². The summed E-state index contributed by atoms with van der Waals surface area (Å²) in [5.41, 5.74) is 8.58. The molecule has 0 radical (unpaired) electrons. The zero-order valence-corrected chi connectivity index (χ0v) is 12.3. The van der Waals surface area contributed by atoms with E-state index in [1.165, 1.54) is 11.8 Å². The summed E-state index contributed by atoms with van der Waals surface area (Å²) in [7, 11) is 0. The van der Waals surface area contributed by atoms with Gasteiger partial charge < -0.3 is 5.73 Å². The Labute approximate surface area is 120 Å². The molecule has 2 atom stereocenters. The van der Waals surface area contributed by atoms with Gasteiger partial charge in [0.15, 0.2) is 0 Å². The van der Waals surface area contributed by atoms with Crippen molar-refractivity contribution in [3.8, 4) is 0 Å². The summed E-state index contributed by atoms with van der Waals surface area (Å²) in [6, 6.07) is 13.5. The summed E-state index contributed by atoms with van der Waals surface area (Å²) < 4.78 is 0. The first-order valence-electron chi connectivity index (χ1n) is 7.54. The first-order chi connectivity index (χ1) is 9.66. The molecule has 2 unspecified atom stereocenters. The number of rotatable bonds is 2. The maximum absolute atomic E-state index is 6.40. The number of hydrogen-bond donors (Lipinski definition) is 1. The van der Waals surface area contributed by atoms with Crippen molar-refractivity contribution in [1.29, 1.82) is 0 Å². The molecule has 0 amide bonds. The average molecular weight is 269 g/mol. The second-order valence-electron chi connectivity index (χ2n) is 6.01. The third kappa shape index (κ3) is 2.43. The van der Waals surface area contributed by atoms with Gasteiger partial charge in [0.25, 0.3) is 0 Å². The predicted molar refractivity (Wildman–Crippen MR) is 83.5 cm³/mol. The summed E-state index contributed by atoms with van der Waals surface area (Å²) in [5.74, 6) is 0. The molecule has 0 aliphatic carbocycles. The highest BCUT2D eigenvalue weighted by atomic mass is 15.2. The normalized spacial score (nSPS) is 24.4. The van der Waals surface area contributed by atoms with Gasteiger partial charge in [0.1, 0.15) is 0 Å². The van der Waals surface area contributed by atoms with Crippen molar-refractivity contribution in [2.45, 2.75) is 44.8 Å². The van der Waals surface area contributed by atoms with Gasteiger partial charge in [-0.2, -0.15) is 0 Å². The molecule has 1 aromatic carbocycles. The van der Waals surface area contributed by atoms with Crippen molar-refractivity contribution in [1.82, 2.24) is 9.88 Å². The second-order valence-corrected chi connectivity index (χ2v) is 6.01. The molecule has 106 valence electrons. The Morgan fingerprint density at radius 3 is 2.80 bits per heavy atom. The van der Waals surface area contributed by atoms with Gasteiger partial charge >= 0.3 is 0 Å². The highest BCUT2D eigenvalue weighted by Gasteiger charge is 2.32. The monoisotopic (exact) mass is 269 g/mol. The molecule has 0 spiro atoms. The minimum absolute atomic E-state index is 0.180. The lowest BCUT2D eigenvalue weighted by atomic mass is 9.92. The summed E-state index contributed by atoms with van der Waals surface area (Å²) >= 11 is 0. The Hall–Kier alpha value is -1.45.